The molecule has 0 saturated heterocycles. The van der Waals surface area contributed by atoms with Gasteiger partial charge in [0.15, 0.2) is 17.3 Å². The Morgan fingerprint density at radius 2 is 1.90 bits per heavy atom. The Labute approximate surface area is 309 Å². The van der Waals surface area contributed by atoms with E-state index in [0.29, 0.717) is 42.4 Å². The summed E-state index contributed by atoms with van der Waals surface area (Å²) in [6.45, 7) is 23.5. The second-order valence-electron chi connectivity index (χ2n) is 16.3. The first-order valence-corrected chi connectivity index (χ1v) is 19.3. The number of fused-ring (bicyclic) bond motifs is 3. The Morgan fingerprint density at radius 3 is 2.51 bits per heavy atom. The predicted molar refractivity (Wildman–Crippen MR) is 211 cm³/mol. The summed E-state index contributed by atoms with van der Waals surface area (Å²) in [7, 11) is 1.65. The molecule has 3 N–H and O–H groups in total. The summed E-state index contributed by atoms with van der Waals surface area (Å²) in [5.74, 6) is 3.14. The first kappa shape index (κ1) is 42.3. The average Bonchev–Trinajstić information content (AvgIpc) is 3.11. The highest BCUT2D eigenvalue weighted by molar-refractivity contribution is 5.93. The van der Waals surface area contributed by atoms with Crippen molar-refractivity contribution in [2.24, 2.45) is 34.0 Å². The van der Waals surface area contributed by atoms with Crippen LogP contribution in [0, 0.1) is 39.4 Å². The molecule has 7 heteroatoms. The molecule has 0 heterocycles. The normalized spacial score (nSPS) is 28.0. The second-order valence-corrected chi connectivity index (χ2v) is 16.3. The van der Waals surface area contributed by atoms with E-state index in [0.717, 1.165) is 75.3 Å². The maximum absolute atomic E-state index is 11.9. The van der Waals surface area contributed by atoms with Gasteiger partial charge in [-0.1, -0.05) is 91.3 Å². The minimum atomic E-state index is -0.525. The molecule has 0 aromatic heterocycles. The van der Waals surface area contributed by atoms with Gasteiger partial charge in [-0.3, -0.25) is 10.2 Å². The third-order valence-corrected chi connectivity index (χ3v) is 12.5. The van der Waals surface area contributed by atoms with E-state index in [9.17, 15) is 15.0 Å². The van der Waals surface area contributed by atoms with Gasteiger partial charge in [-0.2, -0.15) is 0 Å². The number of hydrogen-bond acceptors (Lipinski definition) is 6. The lowest BCUT2D eigenvalue weighted by molar-refractivity contribution is -0.122. The van der Waals surface area contributed by atoms with Crippen LogP contribution in [-0.2, 0) is 4.79 Å². The Balaban J connectivity index is 0.000000612. The number of nitrogens with zero attached hydrogens (tertiary/aromatic N) is 1. The maximum atomic E-state index is 11.9. The highest BCUT2D eigenvalue weighted by atomic mass is 16.5. The van der Waals surface area contributed by atoms with Crippen molar-refractivity contribution >= 4 is 18.2 Å². The zero-order chi connectivity index (χ0) is 38.0. The van der Waals surface area contributed by atoms with Gasteiger partial charge in [-0.05, 0) is 117 Å². The molecule has 0 spiro atoms. The fourth-order valence-corrected chi connectivity index (χ4v) is 9.52. The molecular weight excluding hydrogens is 636 g/mol. The van der Waals surface area contributed by atoms with E-state index in [4.69, 9.17) is 14.9 Å². The van der Waals surface area contributed by atoms with Crippen LogP contribution in [0.2, 0.25) is 0 Å². The summed E-state index contributed by atoms with van der Waals surface area (Å²) in [6.07, 6.45) is 18.0. The zero-order valence-corrected chi connectivity index (χ0v) is 33.0. The van der Waals surface area contributed by atoms with Gasteiger partial charge in [-0.25, -0.2) is 0 Å². The molecule has 2 saturated carbocycles. The van der Waals surface area contributed by atoms with Crippen LogP contribution < -0.4 is 9.47 Å². The van der Waals surface area contributed by atoms with E-state index in [2.05, 4.69) is 59.9 Å². The van der Waals surface area contributed by atoms with E-state index < -0.39 is 6.10 Å². The predicted octanol–water partition coefficient (Wildman–Crippen LogP) is 9.79. The van der Waals surface area contributed by atoms with Gasteiger partial charge in [0.1, 0.15) is 0 Å². The molecule has 0 amide bonds. The summed E-state index contributed by atoms with van der Waals surface area (Å²) in [6, 6.07) is 5.92. The highest BCUT2D eigenvalue weighted by Gasteiger charge is 2.56. The van der Waals surface area contributed by atoms with Gasteiger partial charge in [0.2, 0.25) is 0 Å². The minimum Gasteiger partial charge on any atom is -0.493 e. The lowest BCUT2D eigenvalue weighted by Gasteiger charge is -2.59. The van der Waals surface area contributed by atoms with E-state index in [1.165, 1.54) is 18.0 Å². The third-order valence-electron chi connectivity index (χ3n) is 12.5. The third kappa shape index (κ3) is 9.84. The number of ether oxygens (including phenoxy) is 2. The molecular formula is C44H68N2O5. The van der Waals surface area contributed by atoms with Crippen LogP contribution in [0.25, 0.3) is 6.08 Å². The summed E-state index contributed by atoms with van der Waals surface area (Å²) < 4.78 is 11.6. The number of nitrogens with one attached hydrogen (secondary N) is 1. The smallest absolute Gasteiger partial charge is 0.161 e. The monoisotopic (exact) mass is 705 g/mol. The van der Waals surface area contributed by atoms with Crippen molar-refractivity contribution in [1.82, 2.24) is 4.90 Å². The van der Waals surface area contributed by atoms with Gasteiger partial charge >= 0.3 is 0 Å². The zero-order valence-electron chi connectivity index (χ0n) is 33.0. The van der Waals surface area contributed by atoms with E-state index in [1.54, 1.807) is 18.2 Å². The van der Waals surface area contributed by atoms with Crippen molar-refractivity contribution in [2.45, 2.75) is 125 Å². The number of aliphatic hydroxyl groups excluding tert-OH is 2. The lowest BCUT2D eigenvalue weighted by Crippen LogP contribution is -2.54. The van der Waals surface area contributed by atoms with E-state index >= 15 is 0 Å². The van der Waals surface area contributed by atoms with Gasteiger partial charge in [0.05, 0.1) is 32.3 Å². The van der Waals surface area contributed by atoms with Gasteiger partial charge < -0.3 is 24.6 Å². The number of hydrogen-bond donors (Lipinski definition) is 3. The SMILES string of the molecule is C=CC(=O)C(C)(C)CCC.C=CN(C=N)CCCOc1ccc(/C=C(\C)C(O)C2(C)CCC3C(CC=C4CC(O)CCC43C)C2CC)cc1OC. The van der Waals surface area contributed by atoms with Crippen LogP contribution in [0.4, 0.5) is 0 Å². The molecule has 3 aliphatic carbocycles. The number of rotatable bonds is 16. The molecule has 1 aromatic carbocycles. The first-order valence-electron chi connectivity index (χ1n) is 19.3. The molecule has 3 aliphatic rings. The number of allylic oxidation sites excluding steroid dienone is 2. The van der Waals surface area contributed by atoms with Crippen LogP contribution in [0.3, 0.4) is 0 Å². The molecule has 0 bridgehead atoms. The van der Waals surface area contributed by atoms with Crippen molar-refractivity contribution in [2.75, 3.05) is 20.3 Å². The van der Waals surface area contributed by atoms with Crippen molar-refractivity contribution in [3.05, 3.63) is 66.4 Å². The Hall–Kier alpha value is -3.16. The summed E-state index contributed by atoms with van der Waals surface area (Å²) in [5, 5.41) is 29.6. The minimum absolute atomic E-state index is 0.148. The topological polar surface area (TPSA) is 103 Å². The number of benzene rings is 1. The van der Waals surface area contributed by atoms with E-state index in [-0.39, 0.29) is 28.1 Å². The Kier molecular flexibility index (Phi) is 15.4. The number of carbonyl (C=O) groups is 1. The fraction of sp³-hybridized carbons (Fsp3) is 0.636. The summed E-state index contributed by atoms with van der Waals surface area (Å²) in [4.78, 5) is 12.8. The second kappa shape index (κ2) is 18.6. The van der Waals surface area contributed by atoms with Crippen LogP contribution >= 0.6 is 0 Å². The molecule has 7 unspecified atom stereocenters. The number of carbonyl (C=O) groups excluding carboxylic acids is 1. The molecule has 51 heavy (non-hydrogen) atoms. The quantitative estimate of drug-likeness (QED) is 0.0521. The molecule has 7 atom stereocenters. The standard InChI is InChI=1S/C35H52N2O4.C9H16O/c1-7-29-28-12-11-26-22-27(38)14-16-34(26,4)30(28)15-17-35(29,5)33(39)24(3)20-25-10-13-31(32(21-25)40-6)41-19-9-18-37(8-2)23-36;1-5-7-9(3,4)8(10)6-2/h8,10-11,13,20-21,23,27-30,33,36,38-39H,2,7,9,12,14-19,22H2,1,3-6H3;6H,2,5,7H2,1,3-4H3/b24-20+,36-23?;. The van der Waals surface area contributed by atoms with Crippen LogP contribution in [-0.4, -0.2) is 59.7 Å². The fourth-order valence-electron chi connectivity index (χ4n) is 9.52. The van der Waals surface area contributed by atoms with Crippen molar-refractivity contribution in [1.29, 1.82) is 5.41 Å². The summed E-state index contributed by atoms with van der Waals surface area (Å²) >= 11 is 0. The van der Waals surface area contributed by atoms with Crippen molar-refractivity contribution in [3.8, 4) is 11.5 Å². The van der Waals surface area contributed by atoms with Gasteiger partial charge in [0.25, 0.3) is 0 Å². The average molecular weight is 705 g/mol. The molecule has 0 radical (unpaired) electrons. The number of aliphatic hydroxyl groups is 2. The number of methoxy groups -OCH3 is 1. The lowest BCUT2D eigenvalue weighted by atomic mass is 9.46. The van der Waals surface area contributed by atoms with Crippen LogP contribution in [0.15, 0.2) is 60.9 Å². The molecule has 0 aliphatic heterocycles. The highest BCUT2D eigenvalue weighted by Crippen LogP contribution is 2.62. The van der Waals surface area contributed by atoms with Gasteiger partial charge in [0, 0.05) is 17.4 Å². The maximum Gasteiger partial charge on any atom is 0.161 e. The first-order chi connectivity index (χ1) is 24.1. The van der Waals surface area contributed by atoms with Gasteiger partial charge in [-0.15, -0.1) is 0 Å². The molecule has 4 rings (SSSR count). The Bertz CT molecular complexity index is 1410. The Morgan fingerprint density at radius 1 is 1.18 bits per heavy atom. The summed E-state index contributed by atoms with van der Waals surface area (Å²) in [5.41, 5.74) is 3.26. The molecule has 2 fully saturated rings. The largest absolute Gasteiger partial charge is 0.493 e. The van der Waals surface area contributed by atoms with Crippen LogP contribution in [0.1, 0.15) is 118 Å². The van der Waals surface area contributed by atoms with E-state index in [1.807, 2.05) is 32.0 Å². The number of ketones is 1. The van der Waals surface area contributed by atoms with Crippen LogP contribution in [0.5, 0.6) is 11.5 Å². The molecule has 7 nitrogen and oxygen atoms in total. The van der Waals surface area contributed by atoms with Crippen molar-refractivity contribution in [3.63, 3.8) is 0 Å². The molecule has 1 aromatic rings. The molecule has 284 valence electrons. The van der Waals surface area contributed by atoms with Crippen molar-refractivity contribution < 1.29 is 24.5 Å².